The fourth-order valence-corrected chi connectivity index (χ4v) is 2.48. The molecule has 1 aromatic rings. The molecular weight excluding hydrogens is 271 g/mol. The average molecular weight is 292 g/mol. The minimum atomic E-state index is -0.332. The van der Waals surface area contributed by atoms with Crippen molar-refractivity contribution in [2.45, 2.75) is 32.6 Å². The molecule has 0 aliphatic carbocycles. The van der Waals surface area contributed by atoms with E-state index >= 15 is 0 Å². The van der Waals surface area contributed by atoms with Crippen LogP contribution in [0.2, 0.25) is 0 Å². The summed E-state index contributed by atoms with van der Waals surface area (Å²) in [5.41, 5.74) is 1.07. The molecule has 1 heterocycles. The van der Waals surface area contributed by atoms with E-state index in [1.165, 1.54) is 6.07 Å². The van der Waals surface area contributed by atoms with E-state index in [-0.39, 0.29) is 35.9 Å². The van der Waals surface area contributed by atoms with Crippen molar-refractivity contribution >= 4 is 17.5 Å². The van der Waals surface area contributed by atoms with Gasteiger partial charge in [0, 0.05) is 31.6 Å². The van der Waals surface area contributed by atoms with Crippen LogP contribution in [0.15, 0.2) is 18.2 Å². The molecule has 0 spiro atoms. The molecule has 1 fully saturated rings. The molecule has 114 valence electrons. The lowest BCUT2D eigenvalue weighted by molar-refractivity contribution is -0.137. The Balaban J connectivity index is 2.03. The molecule has 0 bridgehead atoms. The van der Waals surface area contributed by atoms with Gasteiger partial charge in [-0.05, 0) is 30.0 Å². The maximum atomic E-state index is 13.9. The van der Waals surface area contributed by atoms with Gasteiger partial charge in [0.05, 0.1) is 0 Å². The van der Waals surface area contributed by atoms with Gasteiger partial charge in [0.2, 0.25) is 11.8 Å². The fraction of sp³-hybridized carbons (Fsp3) is 0.500. The number of carbonyl (C=O) groups is 2. The van der Waals surface area contributed by atoms with Crippen molar-refractivity contribution < 1.29 is 14.0 Å². The number of nitrogens with zero attached hydrogens (tertiary/aromatic N) is 1. The molecule has 1 aromatic carbocycles. The van der Waals surface area contributed by atoms with Gasteiger partial charge in [0.1, 0.15) is 5.82 Å². The molecule has 5 heteroatoms. The van der Waals surface area contributed by atoms with Crippen LogP contribution in [0, 0.1) is 11.7 Å². The number of amides is 2. The number of benzene rings is 1. The van der Waals surface area contributed by atoms with Crippen LogP contribution >= 0.6 is 0 Å². The number of piperidine rings is 1. The van der Waals surface area contributed by atoms with Crippen molar-refractivity contribution in [2.24, 2.45) is 5.92 Å². The quantitative estimate of drug-likeness (QED) is 0.931. The van der Waals surface area contributed by atoms with Gasteiger partial charge in [-0.2, -0.15) is 0 Å². The maximum absolute atomic E-state index is 13.9. The van der Waals surface area contributed by atoms with Crippen LogP contribution in [0.3, 0.4) is 0 Å². The molecule has 0 saturated carbocycles. The minimum absolute atomic E-state index is 0.0252. The van der Waals surface area contributed by atoms with Crippen LogP contribution < -0.4 is 5.32 Å². The third kappa shape index (κ3) is 3.60. The van der Waals surface area contributed by atoms with E-state index in [4.69, 9.17) is 0 Å². The van der Waals surface area contributed by atoms with Crippen molar-refractivity contribution in [3.05, 3.63) is 29.6 Å². The zero-order valence-electron chi connectivity index (χ0n) is 12.6. The zero-order chi connectivity index (χ0) is 15.6. The highest BCUT2D eigenvalue weighted by Gasteiger charge is 2.28. The highest BCUT2D eigenvalue weighted by Crippen LogP contribution is 2.23. The second kappa shape index (κ2) is 6.24. The molecule has 2 rings (SSSR count). The first-order valence-corrected chi connectivity index (χ1v) is 7.22. The summed E-state index contributed by atoms with van der Waals surface area (Å²) in [4.78, 5) is 25.4. The van der Waals surface area contributed by atoms with Gasteiger partial charge >= 0.3 is 0 Å². The summed E-state index contributed by atoms with van der Waals surface area (Å²) in [5.74, 6) is -0.791. The number of likely N-dealkylation sites (tertiary alicyclic amines) is 1. The molecule has 1 aliphatic rings. The van der Waals surface area contributed by atoms with Crippen LogP contribution in [-0.4, -0.2) is 30.3 Å². The number of rotatable bonds is 3. The van der Waals surface area contributed by atoms with Gasteiger partial charge in [-0.15, -0.1) is 0 Å². The first-order valence-electron chi connectivity index (χ1n) is 7.22. The molecule has 0 aromatic heterocycles. The molecule has 1 atom stereocenters. The lowest BCUT2D eigenvalue weighted by Gasteiger charge is -2.27. The number of hydrogen-bond donors (Lipinski definition) is 1. The second-order valence-corrected chi connectivity index (χ2v) is 5.89. The zero-order valence-corrected chi connectivity index (χ0v) is 12.6. The topological polar surface area (TPSA) is 49.4 Å². The molecular formula is C16H21FN2O2. The number of halogens is 1. The van der Waals surface area contributed by atoms with Gasteiger partial charge in [0.25, 0.3) is 0 Å². The van der Waals surface area contributed by atoms with E-state index < -0.39 is 0 Å². The molecule has 0 radical (unpaired) electrons. The second-order valence-electron chi connectivity index (χ2n) is 5.89. The molecule has 1 aliphatic heterocycles. The third-order valence-electron chi connectivity index (χ3n) is 3.92. The summed E-state index contributed by atoms with van der Waals surface area (Å²) >= 11 is 0. The Morgan fingerprint density at radius 3 is 2.71 bits per heavy atom. The van der Waals surface area contributed by atoms with E-state index in [1.54, 1.807) is 24.1 Å². The highest BCUT2D eigenvalue weighted by molar-refractivity contribution is 5.95. The van der Waals surface area contributed by atoms with E-state index in [9.17, 15) is 14.0 Å². The van der Waals surface area contributed by atoms with Crippen LogP contribution in [0.25, 0.3) is 0 Å². The van der Waals surface area contributed by atoms with Gasteiger partial charge in [0.15, 0.2) is 0 Å². The Morgan fingerprint density at radius 2 is 2.14 bits per heavy atom. The lowest BCUT2D eigenvalue weighted by Crippen LogP contribution is -2.39. The van der Waals surface area contributed by atoms with E-state index in [1.807, 2.05) is 13.8 Å². The maximum Gasteiger partial charge on any atom is 0.228 e. The number of anilines is 1. The van der Waals surface area contributed by atoms with Crippen LogP contribution in [0.5, 0.6) is 0 Å². The Labute approximate surface area is 124 Å². The standard InChI is InChI=1S/C16H21FN2O2/c1-10(2)13-5-4-12(9-14(13)17)18-16(21)11-6-7-19(3)15(20)8-11/h4-5,9-11H,6-8H2,1-3H3,(H,18,21). The predicted octanol–water partition coefficient (Wildman–Crippen LogP) is 2.76. The Bertz CT molecular complexity index is 557. The summed E-state index contributed by atoms with van der Waals surface area (Å²) in [5, 5.41) is 2.70. The van der Waals surface area contributed by atoms with Crippen molar-refractivity contribution in [1.82, 2.24) is 4.90 Å². The van der Waals surface area contributed by atoms with Crippen molar-refractivity contribution in [3.8, 4) is 0 Å². The largest absolute Gasteiger partial charge is 0.346 e. The fourth-order valence-electron chi connectivity index (χ4n) is 2.48. The first kappa shape index (κ1) is 15.5. The lowest BCUT2D eigenvalue weighted by atomic mass is 9.95. The Morgan fingerprint density at radius 1 is 1.43 bits per heavy atom. The van der Waals surface area contributed by atoms with E-state index in [0.29, 0.717) is 24.2 Å². The monoisotopic (exact) mass is 292 g/mol. The van der Waals surface area contributed by atoms with Gasteiger partial charge in [-0.3, -0.25) is 9.59 Å². The van der Waals surface area contributed by atoms with Crippen molar-refractivity contribution in [3.63, 3.8) is 0 Å². The Kier molecular flexibility index (Phi) is 4.60. The predicted molar refractivity (Wildman–Crippen MR) is 79.5 cm³/mol. The SMILES string of the molecule is CC(C)c1ccc(NC(=O)C2CCN(C)C(=O)C2)cc1F. The number of carbonyl (C=O) groups excluding carboxylic acids is 2. The number of nitrogens with one attached hydrogen (secondary N) is 1. The van der Waals surface area contributed by atoms with E-state index in [2.05, 4.69) is 5.32 Å². The third-order valence-corrected chi connectivity index (χ3v) is 3.92. The summed E-state index contributed by atoms with van der Waals surface area (Å²) in [6.07, 6.45) is 0.857. The smallest absolute Gasteiger partial charge is 0.228 e. The van der Waals surface area contributed by atoms with Gasteiger partial charge in [-0.1, -0.05) is 19.9 Å². The van der Waals surface area contributed by atoms with Gasteiger partial charge < -0.3 is 10.2 Å². The summed E-state index contributed by atoms with van der Waals surface area (Å²) < 4.78 is 13.9. The van der Waals surface area contributed by atoms with Crippen molar-refractivity contribution in [2.75, 3.05) is 18.9 Å². The normalized spacial score (nSPS) is 19.0. The summed E-state index contributed by atoms with van der Waals surface area (Å²) in [6.45, 7) is 4.42. The first-order chi connectivity index (χ1) is 9.88. The molecule has 1 saturated heterocycles. The van der Waals surface area contributed by atoms with Gasteiger partial charge in [-0.25, -0.2) is 4.39 Å². The number of hydrogen-bond acceptors (Lipinski definition) is 2. The van der Waals surface area contributed by atoms with Crippen molar-refractivity contribution in [1.29, 1.82) is 0 Å². The molecule has 21 heavy (non-hydrogen) atoms. The van der Waals surface area contributed by atoms with Crippen LogP contribution in [0.1, 0.15) is 38.2 Å². The average Bonchev–Trinajstić information content (AvgIpc) is 2.41. The molecule has 2 amide bonds. The summed E-state index contributed by atoms with van der Waals surface area (Å²) in [7, 11) is 1.73. The highest BCUT2D eigenvalue weighted by atomic mass is 19.1. The van der Waals surface area contributed by atoms with Crippen LogP contribution in [-0.2, 0) is 9.59 Å². The molecule has 1 N–H and O–H groups in total. The molecule has 4 nitrogen and oxygen atoms in total. The van der Waals surface area contributed by atoms with Crippen LogP contribution in [0.4, 0.5) is 10.1 Å². The minimum Gasteiger partial charge on any atom is -0.346 e. The van der Waals surface area contributed by atoms with E-state index in [0.717, 1.165) is 0 Å². The Hall–Kier alpha value is -1.91. The summed E-state index contributed by atoms with van der Waals surface area (Å²) in [6, 6.07) is 4.73. The molecule has 1 unspecified atom stereocenters.